The van der Waals surface area contributed by atoms with Crippen LogP contribution < -0.4 is 11.1 Å². The molecule has 7 nitrogen and oxygen atoms in total. The van der Waals surface area contributed by atoms with Crippen molar-refractivity contribution in [3.63, 3.8) is 0 Å². The van der Waals surface area contributed by atoms with E-state index in [4.69, 9.17) is 5.73 Å². The molecular formula is C18H16N4O3. The zero-order valence-corrected chi connectivity index (χ0v) is 13.2. The third-order valence-corrected chi connectivity index (χ3v) is 3.68. The summed E-state index contributed by atoms with van der Waals surface area (Å²) >= 11 is 0. The number of carboxylic acids is 1. The zero-order valence-electron chi connectivity index (χ0n) is 13.2. The summed E-state index contributed by atoms with van der Waals surface area (Å²) in [5, 5.41) is 13.3. The van der Waals surface area contributed by atoms with Gasteiger partial charge < -0.3 is 21.1 Å². The number of primary amides is 1. The van der Waals surface area contributed by atoms with Crippen molar-refractivity contribution in [2.75, 3.05) is 11.9 Å². The van der Waals surface area contributed by atoms with Gasteiger partial charge in [-0.05, 0) is 35.9 Å². The highest BCUT2D eigenvalue weighted by atomic mass is 16.4. The Morgan fingerprint density at radius 2 is 2.00 bits per heavy atom. The molecule has 25 heavy (non-hydrogen) atoms. The monoisotopic (exact) mass is 336 g/mol. The SMILES string of the molecule is NC(=O)CNc1ccc(C(=Cc2c[nH]c3ncccc23)C(=O)O)cc1. The van der Waals surface area contributed by atoms with Gasteiger partial charge in [0.15, 0.2) is 0 Å². The van der Waals surface area contributed by atoms with Gasteiger partial charge in [-0.15, -0.1) is 0 Å². The van der Waals surface area contributed by atoms with E-state index in [9.17, 15) is 14.7 Å². The van der Waals surface area contributed by atoms with Crippen molar-refractivity contribution in [2.45, 2.75) is 0 Å². The molecule has 0 aliphatic carbocycles. The summed E-state index contributed by atoms with van der Waals surface area (Å²) in [6.45, 7) is 0.0172. The van der Waals surface area contributed by atoms with Gasteiger partial charge in [-0.1, -0.05) is 12.1 Å². The standard InChI is InChI=1S/C18H16N4O3/c19-16(23)10-21-13-5-3-11(4-6-13)15(18(24)25)8-12-9-22-17-14(12)2-1-7-20-17/h1-9,21H,10H2,(H2,19,23)(H,20,22)(H,24,25). The number of hydrogen-bond acceptors (Lipinski definition) is 4. The van der Waals surface area contributed by atoms with Crippen LogP contribution in [0.5, 0.6) is 0 Å². The van der Waals surface area contributed by atoms with Crippen LogP contribution in [0.25, 0.3) is 22.7 Å². The first kappa shape index (κ1) is 16.3. The number of aliphatic carboxylic acids is 1. The van der Waals surface area contributed by atoms with Crippen molar-refractivity contribution in [3.8, 4) is 0 Å². The van der Waals surface area contributed by atoms with Crippen molar-refractivity contribution in [2.24, 2.45) is 5.73 Å². The van der Waals surface area contributed by atoms with Crippen molar-refractivity contribution in [1.29, 1.82) is 0 Å². The second kappa shape index (κ2) is 6.88. The van der Waals surface area contributed by atoms with Gasteiger partial charge in [0.1, 0.15) is 5.65 Å². The number of aromatic nitrogens is 2. The number of benzene rings is 1. The molecule has 0 spiro atoms. The molecule has 7 heteroatoms. The number of pyridine rings is 1. The summed E-state index contributed by atoms with van der Waals surface area (Å²) in [6.07, 6.45) is 5.00. The predicted molar refractivity (Wildman–Crippen MR) is 95.7 cm³/mol. The Kier molecular flexibility index (Phi) is 4.47. The Morgan fingerprint density at radius 3 is 2.68 bits per heavy atom. The van der Waals surface area contributed by atoms with Crippen molar-refractivity contribution >= 4 is 40.2 Å². The molecule has 2 heterocycles. The second-order valence-electron chi connectivity index (χ2n) is 5.40. The highest BCUT2D eigenvalue weighted by molar-refractivity contribution is 6.21. The van der Waals surface area contributed by atoms with Crippen LogP contribution in [0.15, 0.2) is 48.8 Å². The Labute approximate surface area is 143 Å². The first-order valence-electron chi connectivity index (χ1n) is 7.54. The molecule has 0 fully saturated rings. The number of carboxylic acid groups (broad SMARTS) is 1. The van der Waals surface area contributed by atoms with E-state index < -0.39 is 11.9 Å². The molecule has 1 amide bonds. The van der Waals surface area contributed by atoms with E-state index in [1.807, 2.05) is 6.07 Å². The van der Waals surface area contributed by atoms with Gasteiger partial charge in [-0.3, -0.25) is 4.79 Å². The molecule has 1 aromatic carbocycles. The number of amides is 1. The minimum Gasteiger partial charge on any atom is -0.478 e. The van der Waals surface area contributed by atoms with E-state index in [2.05, 4.69) is 15.3 Å². The summed E-state index contributed by atoms with van der Waals surface area (Å²) in [7, 11) is 0. The summed E-state index contributed by atoms with van der Waals surface area (Å²) in [6, 6.07) is 10.4. The number of rotatable bonds is 6. The summed E-state index contributed by atoms with van der Waals surface area (Å²) in [4.78, 5) is 29.7. The van der Waals surface area contributed by atoms with Gasteiger partial charge in [0.2, 0.25) is 5.91 Å². The molecule has 0 atom stereocenters. The van der Waals surface area contributed by atoms with Gasteiger partial charge >= 0.3 is 5.97 Å². The largest absolute Gasteiger partial charge is 0.478 e. The van der Waals surface area contributed by atoms with E-state index in [0.29, 0.717) is 16.9 Å². The lowest BCUT2D eigenvalue weighted by molar-refractivity contribution is -0.130. The molecule has 0 saturated heterocycles. The van der Waals surface area contributed by atoms with E-state index in [1.54, 1.807) is 48.8 Å². The normalized spacial score (nSPS) is 11.4. The van der Waals surface area contributed by atoms with Crippen molar-refractivity contribution in [3.05, 3.63) is 59.9 Å². The zero-order chi connectivity index (χ0) is 17.8. The van der Waals surface area contributed by atoms with Crippen LogP contribution in [-0.2, 0) is 9.59 Å². The molecule has 0 radical (unpaired) electrons. The number of anilines is 1. The van der Waals surface area contributed by atoms with Gasteiger partial charge in [0.25, 0.3) is 0 Å². The maximum absolute atomic E-state index is 11.7. The van der Waals surface area contributed by atoms with E-state index in [0.717, 1.165) is 10.9 Å². The highest BCUT2D eigenvalue weighted by Gasteiger charge is 2.12. The number of carbonyl (C=O) groups is 2. The number of fused-ring (bicyclic) bond motifs is 1. The first-order valence-corrected chi connectivity index (χ1v) is 7.54. The van der Waals surface area contributed by atoms with Crippen LogP contribution in [0, 0.1) is 0 Å². The Balaban J connectivity index is 1.93. The highest BCUT2D eigenvalue weighted by Crippen LogP contribution is 2.24. The fourth-order valence-corrected chi connectivity index (χ4v) is 2.48. The molecule has 0 unspecified atom stereocenters. The summed E-state index contributed by atoms with van der Waals surface area (Å²) in [5.41, 5.74) is 7.92. The second-order valence-corrected chi connectivity index (χ2v) is 5.40. The van der Waals surface area contributed by atoms with Crippen LogP contribution in [-0.4, -0.2) is 33.5 Å². The van der Waals surface area contributed by atoms with Crippen molar-refractivity contribution < 1.29 is 14.7 Å². The third kappa shape index (κ3) is 3.66. The molecule has 126 valence electrons. The van der Waals surface area contributed by atoms with Crippen LogP contribution >= 0.6 is 0 Å². The van der Waals surface area contributed by atoms with Gasteiger partial charge in [0, 0.05) is 29.0 Å². The minimum atomic E-state index is -1.03. The lowest BCUT2D eigenvalue weighted by atomic mass is 10.0. The Morgan fingerprint density at radius 1 is 1.24 bits per heavy atom. The van der Waals surface area contributed by atoms with Crippen LogP contribution in [0.1, 0.15) is 11.1 Å². The van der Waals surface area contributed by atoms with Crippen molar-refractivity contribution in [1.82, 2.24) is 9.97 Å². The van der Waals surface area contributed by atoms with E-state index >= 15 is 0 Å². The first-order chi connectivity index (χ1) is 12.0. The lowest BCUT2D eigenvalue weighted by Gasteiger charge is -2.07. The third-order valence-electron chi connectivity index (χ3n) is 3.68. The fourth-order valence-electron chi connectivity index (χ4n) is 2.48. The number of hydrogen-bond donors (Lipinski definition) is 4. The Hall–Kier alpha value is -3.61. The molecule has 0 aliphatic heterocycles. The molecule has 2 aromatic heterocycles. The summed E-state index contributed by atoms with van der Waals surface area (Å²) in [5.74, 6) is -1.50. The number of carbonyl (C=O) groups excluding carboxylic acids is 1. The maximum Gasteiger partial charge on any atom is 0.336 e. The average molecular weight is 336 g/mol. The molecule has 0 aliphatic rings. The van der Waals surface area contributed by atoms with Crippen LogP contribution in [0.4, 0.5) is 5.69 Å². The lowest BCUT2D eigenvalue weighted by Crippen LogP contribution is -2.21. The minimum absolute atomic E-state index is 0.0172. The smallest absolute Gasteiger partial charge is 0.336 e. The predicted octanol–water partition coefficient (Wildman–Crippen LogP) is 2.09. The molecular weight excluding hydrogens is 320 g/mol. The summed E-state index contributed by atoms with van der Waals surface area (Å²) < 4.78 is 0. The maximum atomic E-state index is 11.7. The number of nitrogens with two attached hydrogens (primary N) is 1. The molecule has 0 saturated carbocycles. The van der Waals surface area contributed by atoms with Gasteiger partial charge in [-0.25, -0.2) is 9.78 Å². The molecule has 3 rings (SSSR count). The fraction of sp³-hybridized carbons (Fsp3) is 0.0556. The Bertz CT molecular complexity index is 958. The van der Waals surface area contributed by atoms with E-state index in [-0.39, 0.29) is 12.1 Å². The quantitative estimate of drug-likeness (QED) is 0.514. The van der Waals surface area contributed by atoms with E-state index in [1.165, 1.54) is 0 Å². The molecule has 5 N–H and O–H groups in total. The average Bonchev–Trinajstić information content (AvgIpc) is 3.01. The van der Waals surface area contributed by atoms with Gasteiger partial charge in [-0.2, -0.15) is 0 Å². The number of nitrogens with zero attached hydrogens (tertiary/aromatic N) is 1. The molecule has 0 bridgehead atoms. The number of nitrogens with one attached hydrogen (secondary N) is 2. The number of aromatic amines is 1. The van der Waals surface area contributed by atoms with Crippen LogP contribution in [0.2, 0.25) is 0 Å². The molecule has 3 aromatic rings. The topological polar surface area (TPSA) is 121 Å². The van der Waals surface area contributed by atoms with Crippen LogP contribution in [0.3, 0.4) is 0 Å². The van der Waals surface area contributed by atoms with Gasteiger partial charge in [0.05, 0.1) is 12.1 Å². The number of H-pyrrole nitrogens is 1.